The molecule has 0 spiro atoms. The second-order valence-electron chi connectivity index (χ2n) is 2.35. The van der Waals surface area contributed by atoms with Crippen molar-refractivity contribution in [2.24, 2.45) is 5.16 Å². The van der Waals surface area contributed by atoms with Gasteiger partial charge in [-0.25, -0.2) is 9.18 Å². The van der Waals surface area contributed by atoms with Crippen LogP contribution in [0.15, 0.2) is 5.16 Å². The van der Waals surface area contributed by atoms with Crippen LogP contribution in [0.1, 0.15) is 12.7 Å². The van der Waals surface area contributed by atoms with E-state index in [1.807, 2.05) is 0 Å². The third kappa shape index (κ3) is 3.12. The van der Waals surface area contributed by atoms with E-state index in [0.29, 0.717) is 0 Å². The number of oxime groups is 1. The quantitative estimate of drug-likeness (QED) is 0.458. The van der Waals surface area contributed by atoms with E-state index in [1.54, 1.807) is 6.92 Å². The first-order valence-corrected chi connectivity index (χ1v) is 4.99. The second-order valence-corrected chi connectivity index (χ2v) is 3.14. The van der Waals surface area contributed by atoms with Crippen molar-refractivity contribution in [1.82, 2.24) is 9.36 Å². The van der Waals surface area contributed by atoms with Gasteiger partial charge in [0, 0.05) is 11.5 Å². The number of anilines is 1. The highest BCUT2D eigenvalue weighted by Gasteiger charge is 2.21. The van der Waals surface area contributed by atoms with Gasteiger partial charge in [0.05, 0.1) is 6.61 Å². The van der Waals surface area contributed by atoms with E-state index in [1.165, 1.54) is 0 Å². The predicted octanol–water partition coefficient (Wildman–Crippen LogP) is 0.331. The largest absolute Gasteiger partial charge is 0.461 e. The lowest BCUT2D eigenvalue weighted by molar-refractivity contribution is -0.135. The summed E-state index contributed by atoms with van der Waals surface area (Å²) in [4.78, 5) is 19.2. The van der Waals surface area contributed by atoms with Crippen LogP contribution in [-0.2, 0) is 14.4 Å². The van der Waals surface area contributed by atoms with Gasteiger partial charge >= 0.3 is 5.97 Å². The van der Waals surface area contributed by atoms with Crippen LogP contribution in [0.4, 0.5) is 9.52 Å². The maximum Gasteiger partial charge on any atom is 0.364 e. The van der Waals surface area contributed by atoms with Gasteiger partial charge < -0.3 is 15.3 Å². The molecule has 1 aromatic heterocycles. The van der Waals surface area contributed by atoms with Gasteiger partial charge in [-0.2, -0.15) is 9.36 Å². The van der Waals surface area contributed by atoms with E-state index in [2.05, 4.69) is 24.1 Å². The summed E-state index contributed by atoms with van der Waals surface area (Å²) < 4.78 is 20.2. The molecule has 16 heavy (non-hydrogen) atoms. The summed E-state index contributed by atoms with van der Waals surface area (Å²) in [6.07, 6.45) is 0. The lowest BCUT2D eigenvalue weighted by Gasteiger charge is -2.01. The highest BCUT2D eigenvalue weighted by Crippen LogP contribution is 2.08. The van der Waals surface area contributed by atoms with Crippen LogP contribution >= 0.6 is 11.5 Å². The van der Waals surface area contributed by atoms with Crippen molar-refractivity contribution in [2.75, 3.05) is 19.2 Å². The molecule has 0 aromatic carbocycles. The minimum absolute atomic E-state index is 0.0469. The Morgan fingerprint density at radius 1 is 1.69 bits per heavy atom. The Hall–Kier alpha value is -1.77. The van der Waals surface area contributed by atoms with Crippen molar-refractivity contribution in [3.63, 3.8) is 0 Å². The minimum Gasteiger partial charge on any atom is -0.461 e. The number of alkyl halides is 1. The molecule has 0 unspecified atom stereocenters. The molecule has 1 aromatic rings. The Bertz CT molecular complexity index is 395. The highest BCUT2D eigenvalue weighted by atomic mass is 32.1. The lowest BCUT2D eigenvalue weighted by Crippen LogP contribution is -2.20. The Balaban J connectivity index is 2.91. The summed E-state index contributed by atoms with van der Waals surface area (Å²) in [6.45, 7) is 0.601. The van der Waals surface area contributed by atoms with E-state index in [0.717, 1.165) is 11.5 Å². The van der Waals surface area contributed by atoms with Gasteiger partial charge in [0.25, 0.3) is 6.86 Å². The Morgan fingerprint density at radius 2 is 2.44 bits per heavy atom. The highest BCUT2D eigenvalue weighted by molar-refractivity contribution is 7.09. The molecule has 0 aliphatic rings. The van der Waals surface area contributed by atoms with Crippen LogP contribution in [0.5, 0.6) is 0 Å². The molecule has 9 heteroatoms. The summed E-state index contributed by atoms with van der Waals surface area (Å²) in [5.74, 6) is -0.844. The van der Waals surface area contributed by atoms with Crippen LogP contribution < -0.4 is 5.73 Å². The van der Waals surface area contributed by atoms with Crippen molar-refractivity contribution < 1.29 is 18.8 Å². The van der Waals surface area contributed by atoms with Gasteiger partial charge in [-0.15, -0.1) is 0 Å². The molecule has 1 rings (SSSR count). The lowest BCUT2D eigenvalue weighted by atomic mass is 10.3. The molecule has 0 radical (unpaired) electrons. The number of nitrogen functional groups attached to an aromatic ring is 1. The van der Waals surface area contributed by atoms with Crippen molar-refractivity contribution in [1.29, 1.82) is 0 Å². The first kappa shape index (κ1) is 12.3. The molecule has 0 atom stereocenters. The molecule has 88 valence electrons. The van der Waals surface area contributed by atoms with Crippen LogP contribution in [0.25, 0.3) is 0 Å². The first-order chi connectivity index (χ1) is 7.69. The molecule has 0 fully saturated rings. The number of aromatic nitrogens is 2. The zero-order valence-electron chi connectivity index (χ0n) is 8.34. The van der Waals surface area contributed by atoms with Gasteiger partial charge in [0.15, 0.2) is 5.13 Å². The fourth-order valence-electron chi connectivity index (χ4n) is 0.789. The number of hydrogen-bond acceptors (Lipinski definition) is 8. The van der Waals surface area contributed by atoms with Gasteiger partial charge in [0.1, 0.15) is 0 Å². The molecule has 2 N–H and O–H groups in total. The SMILES string of the molecule is CCOC(=O)/C(=N\OCF)c1nsc(N)n1. The van der Waals surface area contributed by atoms with E-state index >= 15 is 0 Å². The van der Waals surface area contributed by atoms with Crippen LogP contribution in [-0.4, -0.2) is 34.5 Å². The number of carbonyl (C=O) groups is 1. The normalized spacial score (nSPS) is 11.2. The number of ether oxygens (including phenoxy) is 1. The van der Waals surface area contributed by atoms with Crippen molar-refractivity contribution >= 4 is 28.3 Å². The van der Waals surface area contributed by atoms with Gasteiger partial charge in [-0.1, -0.05) is 5.16 Å². The fourth-order valence-corrected chi connectivity index (χ4v) is 1.22. The number of rotatable bonds is 5. The van der Waals surface area contributed by atoms with E-state index in [4.69, 9.17) is 5.73 Å². The standard InChI is InChI=1S/C7H9FN4O3S/c1-2-14-6(13)4(11-15-3-8)5-10-7(9)16-12-5/h2-3H2,1H3,(H2,9,10,12)/b11-4-. The molecular formula is C7H9FN4O3S. The number of hydrogen-bond donors (Lipinski definition) is 1. The predicted molar refractivity (Wildman–Crippen MR) is 54.6 cm³/mol. The van der Waals surface area contributed by atoms with E-state index < -0.39 is 12.8 Å². The molecule has 0 saturated carbocycles. The zero-order valence-corrected chi connectivity index (χ0v) is 9.16. The average Bonchev–Trinajstić information content (AvgIpc) is 2.66. The maximum absolute atomic E-state index is 11.8. The second kappa shape index (κ2) is 5.95. The molecule has 0 amide bonds. The van der Waals surface area contributed by atoms with Crippen molar-refractivity contribution in [3.05, 3.63) is 5.82 Å². The van der Waals surface area contributed by atoms with Gasteiger partial charge in [-0.05, 0) is 6.92 Å². The van der Waals surface area contributed by atoms with Gasteiger partial charge in [0.2, 0.25) is 11.5 Å². The summed E-state index contributed by atoms with van der Waals surface area (Å²) in [5.41, 5.74) is 5.03. The smallest absolute Gasteiger partial charge is 0.364 e. The summed E-state index contributed by atoms with van der Waals surface area (Å²) >= 11 is 0.880. The van der Waals surface area contributed by atoms with Gasteiger partial charge in [-0.3, -0.25) is 0 Å². The van der Waals surface area contributed by atoms with Crippen LogP contribution in [0, 0.1) is 0 Å². The summed E-state index contributed by atoms with van der Waals surface area (Å²) in [7, 11) is 0. The van der Waals surface area contributed by atoms with Crippen LogP contribution in [0.3, 0.4) is 0 Å². The van der Waals surface area contributed by atoms with Crippen LogP contribution in [0.2, 0.25) is 0 Å². The third-order valence-corrected chi connectivity index (χ3v) is 1.87. The zero-order chi connectivity index (χ0) is 12.0. The molecule has 0 aliphatic carbocycles. The van der Waals surface area contributed by atoms with E-state index in [-0.39, 0.29) is 23.3 Å². The Morgan fingerprint density at radius 3 is 2.94 bits per heavy atom. The molecule has 0 aliphatic heterocycles. The van der Waals surface area contributed by atoms with Crippen molar-refractivity contribution in [3.8, 4) is 0 Å². The monoisotopic (exact) mass is 248 g/mol. The Labute approximate surface area is 94.2 Å². The Kier molecular flexibility index (Phi) is 4.58. The maximum atomic E-state index is 11.8. The number of carbonyl (C=O) groups excluding carboxylic acids is 1. The molecule has 1 heterocycles. The molecule has 7 nitrogen and oxygen atoms in total. The molecule has 0 saturated heterocycles. The minimum atomic E-state index is -1.16. The fraction of sp³-hybridized carbons (Fsp3) is 0.429. The van der Waals surface area contributed by atoms with E-state index in [9.17, 15) is 9.18 Å². The summed E-state index contributed by atoms with van der Waals surface area (Å²) in [5, 5.41) is 3.40. The number of halogens is 1. The van der Waals surface area contributed by atoms with Crippen molar-refractivity contribution in [2.45, 2.75) is 6.92 Å². The first-order valence-electron chi connectivity index (χ1n) is 4.21. The number of nitrogens with zero attached hydrogens (tertiary/aromatic N) is 3. The molecular weight excluding hydrogens is 239 g/mol. The topological polar surface area (TPSA) is 99.7 Å². The third-order valence-electron chi connectivity index (χ3n) is 1.33. The molecule has 0 bridgehead atoms. The summed E-state index contributed by atoms with van der Waals surface area (Å²) in [6, 6.07) is 0. The number of nitrogens with two attached hydrogens (primary N) is 1. The average molecular weight is 248 g/mol. The number of esters is 1.